The molecule has 0 fully saturated rings. The summed E-state index contributed by atoms with van der Waals surface area (Å²) in [6, 6.07) is 0. The van der Waals surface area contributed by atoms with E-state index in [-0.39, 0.29) is 5.97 Å². The zero-order valence-corrected chi connectivity index (χ0v) is 11.4. The number of methoxy groups -OCH3 is 1. The van der Waals surface area contributed by atoms with Crippen LogP contribution >= 0.6 is 22.7 Å². The normalized spacial score (nSPS) is 10.8. The summed E-state index contributed by atoms with van der Waals surface area (Å²) < 4.78 is 4.64. The average Bonchev–Trinajstić information content (AvgIpc) is 2.95. The molecular weight excluding hydrogens is 256 g/mol. The second kappa shape index (κ2) is 4.93. The number of hydrogen-bond donors (Lipinski definition) is 0. The smallest absolute Gasteiger partial charge is 0.349 e. The predicted molar refractivity (Wildman–Crippen MR) is 68.7 cm³/mol. The van der Waals surface area contributed by atoms with Crippen molar-refractivity contribution in [1.29, 1.82) is 0 Å². The molecule has 0 saturated carbocycles. The van der Waals surface area contributed by atoms with Crippen molar-refractivity contribution < 1.29 is 9.53 Å². The molecule has 0 radical (unpaired) electrons. The van der Waals surface area contributed by atoms with Crippen LogP contribution in [-0.2, 0) is 4.74 Å². The molecule has 2 aromatic rings. The maximum absolute atomic E-state index is 11.3. The van der Waals surface area contributed by atoms with E-state index in [1.807, 2.05) is 5.38 Å². The summed E-state index contributed by atoms with van der Waals surface area (Å²) in [4.78, 5) is 20.5. The van der Waals surface area contributed by atoms with Gasteiger partial charge in [-0.2, -0.15) is 0 Å². The highest BCUT2D eigenvalue weighted by molar-refractivity contribution is 7.17. The molecule has 0 aliphatic heterocycles. The van der Waals surface area contributed by atoms with Crippen molar-refractivity contribution in [3.63, 3.8) is 0 Å². The van der Waals surface area contributed by atoms with Crippen LogP contribution in [0.4, 0.5) is 0 Å². The van der Waals surface area contributed by atoms with Crippen LogP contribution < -0.4 is 0 Å². The summed E-state index contributed by atoms with van der Waals surface area (Å²) in [6.07, 6.45) is 1.53. The van der Waals surface area contributed by atoms with Crippen molar-refractivity contribution in [3.05, 3.63) is 21.5 Å². The molecule has 0 amide bonds. The van der Waals surface area contributed by atoms with Gasteiger partial charge < -0.3 is 4.74 Å². The first-order valence-electron chi connectivity index (χ1n) is 5.11. The molecule has 6 heteroatoms. The van der Waals surface area contributed by atoms with Gasteiger partial charge in [0.15, 0.2) is 0 Å². The molecule has 0 atom stereocenters. The van der Waals surface area contributed by atoms with Gasteiger partial charge in [-0.3, -0.25) is 0 Å². The lowest BCUT2D eigenvalue weighted by Crippen LogP contribution is -1.96. The molecule has 0 aliphatic carbocycles. The lowest BCUT2D eigenvalue weighted by atomic mass is 10.2. The van der Waals surface area contributed by atoms with Crippen LogP contribution in [0.1, 0.15) is 34.4 Å². The van der Waals surface area contributed by atoms with Gasteiger partial charge in [0.2, 0.25) is 0 Å². The molecule has 0 unspecified atom stereocenters. The van der Waals surface area contributed by atoms with Crippen molar-refractivity contribution in [2.45, 2.75) is 19.8 Å². The SMILES string of the molecule is COC(=O)c1cnc(-c2csc(C(C)C)n2)s1. The fourth-order valence-electron chi connectivity index (χ4n) is 1.24. The van der Waals surface area contributed by atoms with Gasteiger partial charge in [0.25, 0.3) is 0 Å². The summed E-state index contributed by atoms with van der Waals surface area (Å²) in [7, 11) is 1.36. The van der Waals surface area contributed by atoms with E-state index in [1.54, 1.807) is 11.3 Å². The summed E-state index contributed by atoms with van der Waals surface area (Å²) in [6.45, 7) is 4.20. The standard InChI is InChI=1S/C11H12N2O2S2/c1-6(2)9-13-7(5-16-9)10-12-4-8(17-10)11(14)15-3/h4-6H,1-3H3. The van der Waals surface area contributed by atoms with Crippen LogP contribution in [0.15, 0.2) is 11.6 Å². The van der Waals surface area contributed by atoms with Gasteiger partial charge in [0.05, 0.1) is 18.3 Å². The molecule has 2 rings (SSSR count). The Balaban J connectivity index is 2.27. The second-order valence-electron chi connectivity index (χ2n) is 3.75. The number of rotatable bonds is 3. The average molecular weight is 268 g/mol. The molecule has 0 saturated heterocycles. The van der Waals surface area contributed by atoms with E-state index in [9.17, 15) is 4.79 Å². The molecule has 0 bridgehead atoms. The fraction of sp³-hybridized carbons (Fsp3) is 0.364. The van der Waals surface area contributed by atoms with Crippen molar-refractivity contribution in [2.75, 3.05) is 7.11 Å². The maximum atomic E-state index is 11.3. The first-order chi connectivity index (χ1) is 8.11. The summed E-state index contributed by atoms with van der Waals surface area (Å²) in [5.41, 5.74) is 0.832. The van der Waals surface area contributed by atoms with Gasteiger partial charge in [-0.05, 0) is 0 Å². The molecule has 0 N–H and O–H groups in total. The fourth-order valence-corrected chi connectivity index (χ4v) is 2.93. The van der Waals surface area contributed by atoms with E-state index in [0.717, 1.165) is 15.7 Å². The number of carbonyl (C=O) groups excluding carboxylic acids is 1. The molecular formula is C11H12N2O2S2. The van der Waals surface area contributed by atoms with Crippen LogP contribution in [0.5, 0.6) is 0 Å². The molecule has 0 spiro atoms. The van der Waals surface area contributed by atoms with Crippen LogP contribution in [0.25, 0.3) is 10.7 Å². The van der Waals surface area contributed by atoms with E-state index in [0.29, 0.717) is 10.8 Å². The minimum atomic E-state index is -0.354. The number of aromatic nitrogens is 2. The quantitative estimate of drug-likeness (QED) is 0.802. The molecule has 17 heavy (non-hydrogen) atoms. The molecule has 0 aromatic carbocycles. The number of ether oxygens (including phenoxy) is 1. The lowest BCUT2D eigenvalue weighted by Gasteiger charge is -1.95. The van der Waals surface area contributed by atoms with Crippen LogP contribution in [0.3, 0.4) is 0 Å². The highest BCUT2D eigenvalue weighted by Gasteiger charge is 2.14. The molecule has 2 aromatic heterocycles. The highest BCUT2D eigenvalue weighted by Crippen LogP contribution is 2.29. The van der Waals surface area contributed by atoms with Crippen molar-refractivity contribution >= 4 is 28.6 Å². The first-order valence-corrected chi connectivity index (χ1v) is 6.81. The summed E-state index contributed by atoms with van der Waals surface area (Å²) in [5, 5.41) is 3.80. The second-order valence-corrected chi connectivity index (χ2v) is 5.67. The third-order valence-electron chi connectivity index (χ3n) is 2.13. The number of thiazole rings is 2. The van der Waals surface area contributed by atoms with Gasteiger partial charge in [-0.15, -0.1) is 22.7 Å². The third-order valence-corrected chi connectivity index (χ3v) is 4.27. The summed E-state index contributed by atoms with van der Waals surface area (Å²) in [5.74, 6) is 0.0573. The Labute approximate surface area is 107 Å². The number of nitrogens with zero attached hydrogens (tertiary/aromatic N) is 2. The Kier molecular flexibility index (Phi) is 3.54. The molecule has 90 valence electrons. The van der Waals surface area contributed by atoms with E-state index < -0.39 is 0 Å². The zero-order chi connectivity index (χ0) is 12.4. The number of esters is 1. The van der Waals surface area contributed by atoms with Gasteiger partial charge in [-0.25, -0.2) is 14.8 Å². The molecule has 0 aliphatic rings. The zero-order valence-electron chi connectivity index (χ0n) is 9.76. The van der Waals surface area contributed by atoms with Crippen LogP contribution in [0.2, 0.25) is 0 Å². The Morgan fingerprint density at radius 3 is 2.82 bits per heavy atom. The minimum absolute atomic E-state index is 0.354. The van der Waals surface area contributed by atoms with Crippen molar-refractivity contribution in [3.8, 4) is 10.7 Å². The third kappa shape index (κ3) is 2.53. The highest BCUT2D eigenvalue weighted by atomic mass is 32.1. The van der Waals surface area contributed by atoms with Crippen molar-refractivity contribution in [2.24, 2.45) is 0 Å². The van der Waals surface area contributed by atoms with E-state index >= 15 is 0 Å². The Morgan fingerprint density at radius 1 is 1.47 bits per heavy atom. The molecule has 2 heterocycles. The minimum Gasteiger partial charge on any atom is -0.465 e. The molecule has 4 nitrogen and oxygen atoms in total. The topological polar surface area (TPSA) is 52.1 Å². The van der Waals surface area contributed by atoms with Gasteiger partial charge in [0, 0.05) is 11.3 Å². The van der Waals surface area contributed by atoms with Gasteiger partial charge in [0.1, 0.15) is 15.6 Å². The summed E-state index contributed by atoms with van der Waals surface area (Å²) >= 11 is 2.92. The number of hydrogen-bond acceptors (Lipinski definition) is 6. The monoisotopic (exact) mass is 268 g/mol. The van der Waals surface area contributed by atoms with Crippen LogP contribution in [0, 0.1) is 0 Å². The van der Waals surface area contributed by atoms with Crippen LogP contribution in [-0.4, -0.2) is 23.0 Å². The van der Waals surface area contributed by atoms with E-state index in [2.05, 4.69) is 28.6 Å². The first kappa shape index (κ1) is 12.2. The van der Waals surface area contributed by atoms with Gasteiger partial charge >= 0.3 is 5.97 Å². The number of carbonyl (C=O) groups is 1. The maximum Gasteiger partial charge on any atom is 0.349 e. The largest absolute Gasteiger partial charge is 0.465 e. The van der Waals surface area contributed by atoms with E-state index in [4.69, 9.17) is 0 Å². The Morgan fingerprint density at radius 2 is 2.24 bits per heavy atom. The lowest BCUT2D eigenvalue weighted by molar-refractivity contribution is 0.0606. The Hall–Kier alpha value is -1.27. The Bertz CT molecular complexity index is 531. The van der Waals surface area contributed by atoms with Gasteiger partial charge in [-0.1, -0.05) is 13.8 Å². The van der Waals surface area contributed by atoms with E-state index in [1.165, 1.54) is 24.6 Å². The predicted octanol–water partition coefficient (Wildman–Crippen LogP) is 3.18. The van der Waals surface area contributed by atoms with Crippen molar-refractivity contribution in [1.82, 2.24) is 9.97 Å².